The Morgan fingerprint density at radius 1 is 1.30 bits per heavy atom. The van der Waals surface area contributed by atoms with Crippen LogP contribution in [-0.2, 0) is 4.79 Å². The summed E-state index contributed by atoms with van der Waals surface area (Å²) >= 11 is 1.23. The van der Waals surface area contributed by atoms with Crippen LogP contribution in [0.5, 0.6) is 0 Å². The number of nitrogens with two attached hydrogens (primary N) is 1. The third-order valence-corrected chi connectivity index (χ3v) is 3.52. The van der Waals surface area contributed by atoms with E-state index in [1.165, 1.54) is 11.8 Å². The van der Waals surface area contributed by atoms with Crippen molar-refractivity contribution < 1.29 is 9.59 Å². The number of aromatic nitrogens is 3. The highest BCUT2D eigenvalue weighted by molar-refractivity contribution is 8.00. The number of hydrogen-bond acceptors (Lipinski definition) is 6. The van der Waals surface area contributed by atoms with Gasteiger partial charge in [-0.2, -0.15) is 0 Å². The first kappa shape index (κ1) is 16.3. The van der Waals surface area contributed by atoms with E-state index in [0.717, 1.165) is 0 Å². The first-order chi connectivity index (χ1) is 9.23. The van der Waals surface area contributed by atoms with Gasteiger partial charge in [-0.3, -0.25) is 14.7 Å². The van der Waals surface area contributed by atoms with Crippen LogP contribution in [0.2, 0.25) is 0 Å². The smallest absolute Gasteiger partial charge is 0.318 e. The van der Waals surface area contributed by atoms with Gasteiger partial charge in [-0.1, -0.05) is 11.8 Å². The SMILES string of the molecule is CC(Sc1nnc(N(C)C)n1C(C)C)C(=O)NC(N)=O. The van der Waals surface area contributed by atoms with Crippen LogP contribution in [0.3, 0.4) is 0 Å². The molecule has 0 bridgehead atoms. The predicted octanol–water partition coefficient (Wildman–Crippen LogP) is 0.600. The number of thioether (sulfide) groups is 1. The van der Waals surface area contributed by atoms with Crippen LogP contribution in [0.15, 0.2) is 5.16 Å². The number of carbonyl (C=O) groups is 2. The van der Waals surface area contributed by atoms with E-state index in [1.807, 2.05) is 37.4 Å². The lowest BCUT2D eigenvalue weighted by Crippen LogP contribution is -2.39. The summed E-state index contributed by atoms with van der Waals surface area (Å²) in [5.41, 5.74) is 4.93. The molecule has 1 aromatic rings. The molecular formula is C11H20N6O2S. The maximum absolute atomic E-state index is 11.7. The Bertz CT molecular complexity index is 499. The monoisotopic (exact) mass is 300 g/mol. The summed E-state index contributed by atoms with van der Waals surface area (Å²) < 4.78 is 1.93. The quantitative estimate of drug-likeness (QED) is 0.771. The summed E-state index contributed by atoms with van der Waals surface area (Å²) in [5, 5.41) is 10.4. The van der Waals surface area contributed by atoms with Crippen LogP contribution in [0.4, 0.5) is 10.7 Å². The number of rotatable bonds is 5. The number of anilines is 1. The highest BCUT2D eigenvalue weighted by Crippen LogP contribution is 2.28. The molecule has 0 spiro atoms. The molecule has 0 radical (unpaired) electrons. The zero-order valence-electron chi connectivity index (χ0n) is 12.2. The normalized spacial score (nSPS) is 12.3. The number of nitrogens with zero attached hydrogens (tertiary/aromatic N) is 4. The molecule has 0 aromatic carbocycles. The van der Waals surface area contributed by atoms with Crippen LogP contribution in [-0.4, -0.2) is 46.0 Å². The van der Waals surface area contributed by atoms with Crippen LogP contribution >= 0.6 is 11.8 Å². The molecule has 112 valence electrons. The standard InChI is InChI=1S/C11H20N6O2S/c1-6(2)17-10(16(4)5)14-15-11(17)20-7(3)8(18)13-9(12)19/h6-7H,1-5H3,(H3,12,13,18,19). The van der Waals surface area contributed by atoms with Crippen LogP contribution in [0.25, 0.3) is 0 Å². The van der Waals surface area contributed by atoms with E-state index in [9.17, 15) is 9.59 Å². The number of carbonyl (C=O) groups excluding carboxylic acids is 2. The fraction of sp³-hybridized carbons (Fsp3) is 0.636. The van der Waals surface area contributed by atoms with E-state index in [2.05, 4.69) is 15.5 Å². The minimum absolute atomic E-state index is 0.149. The Morgan fingerprint density at radius 2 is 1.90 bits per heavy atom. The van der Waals surface area contributed by atoms with Gasteiger partial charge in [0.15, 0.2) is 5.16 Å². The Balaban J connectivity index is 2.92. The molecule has 0 saturated heterocycles. The average molecular weight is 300 g/mol. The average Bonchev–Trinajstić information content (AvgIpc) is 2.71. The summed E-state index contributed by atoms with van der Waals surface area (Å²) in [6, 6.07) is -0.710. The summed E-state index contributed by atoms with van der Waals surface area (Å²) in [6.45, 7) is 5.70. The second kappa shape index (κ2) is 6.60. The Kier molecular flexibility index (Phi) is 5.37. The first-order valence-corrected chi connectivity index (χ1v) is 7.01. The van der Waals surface area contributed by atoms with Gasteiger partial charge in [0.25, 0.3) is 0 Å². The number of amides is 3. The molecule has 1 aromatic heterocycles. The van der Waals surface area contributed by atoms with E-state index >= 15 is 0 Å². The number of nitrogens with one attached hydrogen (secondary N) is 1. The van der Waals surface area contributed by atoms with Crippen molar-refractivity contribution >= 4 is 29.6 Å². The molecule has 0 aliphatic carbocycles. The third-order valence-electron chi connectivity index (χ3n) is 2.46. The molecule has 9 heteroatoms. The molecule has 1 rings (SSSR count). The molecular weight excluding hydrogens is 280 g/mol. The molecule has 0 aliphatic heterocycles. The Labute approximate surface area is 122 Å². The van der Waals surface area contributed by atoms with Crippen molar-refractivity contribution in [3.05, 3.63) is 0 Å². The lowest BCUT2D eigenvalue weighted by Gasteiger charge is -2.18. The third kappa shape index (κ3) is 3.86. The van der Waals surface area contributed by atoms with E-state index in [1.54, 1.807) is 6.92 Å². The van der Waals surface area contributed by atoms with Gasteiger partial charge in [0.1, 0.15) is 0 Å². The van der Waals surface area contributed by atoms with E-state index in [4.69, 9.17) is 5.73 Å². The summed E-state index contributed by atoms with van der Waals surface area (Å²) in [6.07, 6.45) is 0. The van der Waals surface area contributed by atoms with Gasteiger partial charge in [0.2, 0.25) is 11.9 Å². The second-order valence-corrected chi connectivity index (χ2v) is 6.06. The number of imide groups is 1. The molecule has 20 heavy (non-hydrogen) atoms. The molecule has 1 atom stereocenters. The predicted molar refractivity (Wildman–Crippen MR) is 77.8 cm³/mol. The maximum Gasteiger partial charge on any atom is 0.318 e. The second-order valence-electron chi connectivity index (χ2n) is 4.75. The maximum atomic E-state index is 11.7. The van der Waals surface area contributed by atoms with Gasteiger partial charge in [0, 0.05) is 20.1 Å². The topological polar surface area (TPSA) is 106 Å². The zero-order chi connectivity index (χ0) is 15.4. The summed E-state index contributed by atoms with van der Waals surface area (Å²) in [4.78, 5) is 24.2. The lowest BCUT2D eigenvalue weighted by molar-refractivity contribution is -0.119. The number of primary amides is 1. The summed E-state index contributed by atoms with van der Waals surface area (Å²) in [5.74, 6) is 0.261. The molecule has 8 nitrogen and oxygen atoms in total. The van der Waals surface area contributed by atoms with E-state index < -0.39 is 17.2 Å². The van der Waals surface area contributed by atoms with Crippen molar-refractivity contribution in [3.63, 3.8) is 0 Å². The molecule has 0 aliphatic rings. The molecule has 3 amide bonds. The van der Waals surface area contributed by atoms with Crippen molar-refractivity contribution in [2.75, 3.05) is 19.0 Å². The van der Waals surface area contributed by atoms with Gasteiger partial charge in [0.05, 0.1) is 5.25 Å². The minimum atomic E-state index is -0.859. The largest absolute Gasteiger partial charge is 0.351 e. The van der Waals surface area contributed by atoms with Gasteiger partial charge in [-0.25, -0.2) is 4.79 Å². The Morgan fingerprint density at radius 3 is 2.35 bits per heavy atom. The first-order valence-electron chi connectivity index (χ1n) is 6.13. The fourth-order valence-electron chi connectivity index (χ4n) is 1.54. The van der Waals surface area contributed by atoms with Gasteiger partial charge < -0.3 is 10.6 Å². The van der Waals surface area contributed by atoms with Crippen LogP contribution in [0, 0.1) is 0 Å². The van der Waals surface area contributed by atoms with Crippen molar-refractivity contribution in [1.29, 1.82) is 0 Å². The van der Waals surface area contributed by atoms with Crippen molar-refractivity contribution in [1.82, 2.24) is 20.1 Å². The molecule has 0 saturated carbocycles. The number of urea groups is 1. The molecule has 0 fully saturated rings. The van der Waals surface area contributed by atoms with Gasteiger partial charge in [-0.05, 0) is 20.8 Å². The number of hydrogen-bond donors (Lipinski definition) is 2. The lowest BCUT2D eigenvalue weighted by atomic mass is 10.4. The molecule has 3 N–H and O–H groups in total. The van der Waals surface area contributed by atoms with E-state index in [0.29, 0.717) is 11.1 Å². The Hall–Kier alpha value is -1.77. The zero-order valence-corrected chi connectivity index (χ0v) is 13.1. The molecule has 1 heterocycles. The van der Waals surface area contributed by atoms with Crippen molar-refractivity contribution in [2.24, 2.45) is 5.73 Å². The highest BCUT2D eigenvalue weighted by atomic mass is 32.2. The minimum Gasteiger partial charge on any atom is -0.351 e. The molecule has 1 unspecified atom stereocenters. The van der Waals surface area contributed by atoms with Crippen LogP contribution < -0.4 is 16.0 Å². The fourth-order valence-corrected chi connectivity index (χ4v) is 2.52. The summed E-state index contributed by atoms with van der Waals surface area (Å²) in [7, 11) is 3.75. The highest BCUT2D eigenvalue weighted by Gasteiger charge is 2.22. The van der Waals surface area contributed by atoms with Crippen molar-refractivity contribution in [3.8, 4) is 0 Å². The van der Waals surface area contributed by atoms with Gasteiger partial charge >= 0.3 is 6.03 Å². The van der Waals surface area contributed by atoms with Crippen molar-refractivity contribution in [2.45, 2.75) is 37.2 Å². The van der Waals surface area contributed by atoms with Gasteiger partial charge in [-0.15, -0.1) is 10.2 Å². The van der Waals surface area contributed by atoms with Crippen LogP contribution in [0.1, 0.15) is 26.8 Å². The van der Waals surface area contributed by atoms with E-state index in [-0.39, 0.29) is 6.04 Å².